The number of carbonyl (C=O) groups is 1. The number of hydrogen-bond acceptors (Lipinski definition) is 5. The minimum Gasteiger partial charge on any atom is -0.455 e. The molecule has 2 aromatic carbocycles. The number of amides is 1. The van der Waals surface area contributed by atoms with Gasteiger partial charge in [0.15, 0.2) is 0 Å². The molecule has 1 unspecified atom stereocenters. The maximum atomic E-state index is 13.5. The fourth-order valence-corrected chi connectivity index (χ4v) is 5.36. The van der Waals surface area contributed by atoms with Crippen molar-refractivity contribution in [3.8, 4) is 11.3 Å². The van der Waals surface area contributed by atoms with Gasteiger partial charge in [0, 0.05) is 29.6 Å². The van der Waals surface area contributed by atoms with Gasteiger partial charge in [-0.1, -0.05) is 0 Å². The molecule has 0 radical (unpaired) electrons. The number of carbonyl (C=O) groups excluding carboxylic acids is 1. The standard InChI is InChI=1S/C23H23FN2O5S/c1-13-16-10-17-19(11-18(16)26(32(3,28)29)12-23(31-13)8-9-23)30-21(20(17)22(27)25-2)14-4-6-15(24)7-5-14/h4-7,10-11,13H,8-9,12H2,1-3H3,(H,25,27). The summed E-state index contributed by atoms with van der Waals surface area (Å²) < 4.78 is 52.5. The first-order chi connectivity index (χ1) is 15.1. The molecule has 1 saturated carbocycles. The van der Waals surface area contributed by atoms with Crippen LogP contribution in [0, 0.1) is 5.82 Å². The molecule has 1 fully saturated rings. The molecule has 7 nitrogen and oxygen atoms in total. The lowest BCUT2D eigenvalue weighted by Gasteiger charge is -2.24. The van der Waals surface area contributed by atoms with Gasteiger partial charge >= 0.3 is 0 Å². The summed E-state index contributed by atoms with van der Waals surface area (Å²) in [5, 5.41) is 3.17. The highest BCUT2D eigenvalue weighted by atomic mass is 32.2. The summed E-state index contributed by atoms with van der Waals surface area (Å²) in [4.78, 5) is 12.8. The molecular weight excluding hydrogens is 435 g/mol. The maximum Gasteiger partial charge on any atom is 0.255 e. The monoisotopic (exact) mass is 458 g/mol. The molecule has 0 bridgehead atoms. The van der Waals surface area contributed by atoms with Crippen molar-refractivity contribution in [1.29, 1.82) is 0 Å². The zero-order valence-corrected chi connectivity index (χ0v) is 18.8. The van der Waals surface area contributed by atoms with Crippen molar-refractivity contribution in [3.05, 3.63) is 53.3 Å². The molecule has 1 spiro atoms. The second kappa shape index (κ2) is 7.05. The Bertz CT molecular complexity index is 1340. The second-order valence-corrected chi connectivity index (χ2v) is 10.4. The summed E-state index contributed by atoms with van der Waals surface area (Å²) in [5.74, 6) is -0.469. The lowest BCUT2D eigenvalue weighted by Crippen LogP contribution is -2.37. The number of hydrogen-bond donors (Lipinski definition) is 1. The minimum atomic E-state index is -3.58. The summed E-state index contributed by atoms with van der Waals surface area (Å²) in [6, 6.07) is 9.09. The number of benzene rings is 2. The Morgan fingerprint density at radius 1 is 1.22 bits per heavy atom. The van der Waals surface area contributed by atoms with Gasteiger partial charge in [-0.15, -0.1) is 0 Å². The average molecular weight is 459 g/mol. The van der Waals surface area contributed by atoms with E-state index in [0.717, 1.165) is 12.8 Å². The van der Waals surface area contributed by atoms with Crippen molar-refractivity contribution in [3.63, 3.8) is 0 Å². The van der Waals surface area contributed by atoms with Gasteiger partial charge in [-0.25, -0.2) is 12.8 Å². The van der Waals surface area contributed by atoms with Gasteiger partial charge in [0.1, 0.15) is 17.2 Å². The normalized spacial score (nSPS) is 19.6. The molecule has 9 heteroatoms. The van der Waals surface area contributed by atoms with Crippen molar-refractivity contribution in [2.24, 2.45) is 0 Å². The molecule has 2 heterocycles. The Balaban J connectivity index is 1.78. The molecule has 1 aromatic heterocycles. The lowest BCUT2D eigenvalue weighted by atomic mass is 10.0. The summed E-state index contributed by atoms with van der Waals surface area (Å²) in [6.45, 7) is 2.12. The predicted octanol–water partition coefficient (Wildman–Crippen LogP) is 3.99. The molecule has 1 aliphatic carbocycles. The molecule has 5 rings (SSSR count). The van der Waals surface area contributed by atoms with Crippen LogP contribution in [-0.2, 0) is 14.8 Å². The predicted molar refractivity (Wildman–Crippen MR) is 119 cm³/mol. The zero-order chi connectivity index (χ0) is 22.8. The van der Waals surface area contributed by atoms with Gasteiger partial charge in [0.05, 0.1) is 35.8 Å². The number of rotatable bonds is 3. The molecule has 32 heavy (non-hydrogen) atoms. The summed E-state index contributed by atoms with van der Waals surface area (Å²) >= 11 is 0. The third-order valence-electron chi connectivity index (χ3n) is 6.17. The van der Waals surface area contributed by atoms with Gasteiger partial charge in [-0.3, -0.25) is 9.10 Å². The largest absolute Gasteiger partial charge is 0.455 e. The van der Waals surface area contributed by atoms with Crippen molar-refractivity contribution in [1.82, 2.24) is 5.32 Å². The summed E-state index contributed by atoms with van der Waals surface area (Å²) in [6.07, 6.45) is 2.40. The fraction of sp³-hybridized carbons (Fsp3) is 0.348. The number of ether oxygens (including phenoxy) is 1. The third-order valence-corrected chi connectivity index (χ3v) is 7.30. The van der Waals surface area contributed by atoms with Crippen LogP contribution >= 0.6 is 0 Å². The third kappa shape index (κ3) is 3.36. The average Bonchev–Trinajstić information content (AvgIpc) is 3.42. The van der Waals surface area contributed by atoms with E-state index in [2.05, 4.69) is 5.32 Å². The Morgan fingerprint density at radius 3 is 2.50 bits per heavy atom. The van der Waals surface area contributed by atoms with Crippen LogP contribution in [0.3, 0.4) is 0 Å². The Morgan fingerprint density at radius 2 is 1.91 bits per heavy atom. The van der Waals surface area contributed by atoms with Crippen molar-refractivity contribution in [2.75, 3.05) is 24.2 Å². The molecule has 1 amide bonds. The highest BCUT2D eigenvalue weighted by Gasteiger charge is 2.50. The van der Waals surface area contributed by atoms with Gasteiger partial charge in [-0.2, -0.15) is 0 Å². The van der Waals surface area contributed by atoms with Gasteiger partial charge in [-0.05, 0) is 50.1 Å². The van der Waals surface area contributed by atoms with Crippen molar-refractivity contribution in [2.45, 2.75) is 31.5 Å². The Hall–Kier alpha value is -2.91. The number of anilines is 1. The highest BCUT2D eigenvalue weighted by molar-refractivity contribution is 7.92. The van der Waals surface area contributed by atoms with Crippen molar-refractivity contribution < 1.29 is 26.8 Å². The zero-order valence-electron chi connectivity index (χ0n) is 17.9. The lowest BCUT2D eigenvalue weighted by molar-refractivity contribution is -0.0115. The van der Waals surface area contributed by atoms with Crippen LogP contribution in [0.1, 0.15) is 41.8 Å². The van der Waals surface area contributed by atoms with E-state index in [0.29, 0.717) is 33.3 Å². The molecule has 1 N–H and O–H groups in total. The van der Waals surface area contributed by atoms with E-state index in [4.69, 9.17) is 9.15 Å². The number of fused-ring (bicyclic) bond motifs is 2. The summed E-state index contributed by atoms with van der Waals surface area (Å²) in [5.41, 5.74) is 1.89. The number of furan rings is 1. The molecule has 0 saturated heterocycles. The van der Waals surface area contributed by atoms with E-state index >= 15 is 0 Å². The van der Waals surface area contributed by atoms with Crippen LogP contribution in [0.15, 0.2) is 40.8 Å². The molecule has 1 atom stereocenters. The van der Waals surface area contributed by atoms with Crippen LogP contribution < -0.4 is 9.62 Å². The number of sulfonamides is 1. The number of nitrogens with one attached hydrogen (secondary N) is 1. The van der Waals surface area contributed by atoms with Crippen LogP contribution in [0.4, 0.5) is 10.1 Å². The first-order valence-electron chi connectivity index (χ1n) is 10.4. The van der Waals surface area contributed by atoms with E-state index in [1.54, 1.807) is 12.1 Å². The van der Waals surface area contributed by atoms with Crippen LogP contribution in [0.2, 0.25) is 0 Å². The topological polar surface area (TPSA) is 88.8 Å². The van der Waals surface area contributed by atoms with Crippen LogP contribution in [0.5, 0.6) is 0 Å². The second-order valence-electron chi connectivity index (χ2n) is 8.51. The Labute approximate surface area is 185 Å². The van der Waals surface area contributed by atoms with E-state index in [9.17, 15) is 17.6 Å². The molecular formula is C23H23FN2O5S. The highest BCUT2D eigenvalue weighted by Crippen LogP contribution is 2.50. The minimum absolute atomic E-state index is 0.239. The van der Waals surface area contributed by atoms with Gasteiger partial charge in [0.2, 0.25) is 10.0 Å². The number of halogens is 1. The van der Waals surface area contributed by atoms with Gasteiger partial charge < -0.3 is 14.5 Å². The summed E-state index contributed by atoms with van der Waals surface area (Å²) in [7, 11) is -2.06. The van der Waals surface area contributed by atoms with E-state index in [-0.39, 0.29) is 24.3 Å². The molecule has 168 valence electrons. The van der Waals surface area contributed by atoms with Crippen LogP contribution in [-0.4, -0.2) is 39.8 Å². The first kappa shape index (κ1) is 21.0. The van der Waals surface area contributed by atoms with E-state index in [1.807, 2.05) is 6.92 Å². The fourth-order valence-electron chi connectivity index (χ4n) is 4.38. The SMILES string of the molecule is CNC(=O)c1c(-c2ccc(F)cc2)oc2cc3c(cc12)C(C)OC1(CC1)CN3S(C)(=O)=O. The van der Waals surface area contributed by atoms with Gasteiger partial charge in [0.25, 0.3) is 5.91 Å². The maximum absolute atomic E-state index is 13.5. The first-order valence-corrected chi connectivity index (χ1v) is 12.2. The van der Waals surface area contributed by atoms with Crippen LogP contribution in [0.25, 0.3) is 22.3 Å². The van der Waals surface area contributed by atoms with Crippen molar-refractivity contribution >= 4 is 32.6 Å². The number of nitrogens with zero attached hydrogens (tertiary/aromatic N) is 1. The van der Waals surface area contributed by atoms with E-state index < -0.39 is 21.4 Å². The molecule has 1 aliphatic heterocycles. The van der Waals surface area contributed by atoms with E-state index in [1.165, 1.54) is 41.9 Å². The Kier molecular flexibility index (Phi) is 4.62. The molecule has 3 aromatic rings. The quantitative estimate of drug-likeness (QED) is 0.641. The molecule has 2 aliphatic rings. The smallest absolute Gasteiger partial charge is 0.255 e.